The molecule has 2 amide bonds. The smallest absolute Gasteiger partial charge is 0.429 e. The highest BCUT2D eigenvalue weighted by atomic mass is 16.6. The highest BCUT2D eigenvalue weighted by molar-refractivity contribution is 5.96. The van der Waals surface area contributed by atoms with E-state index < -0.39 is 23.4 Å². The molecule has 1 saturated carbocycles. The van der Waals surface area contributed by atoms with E-state index in [4.69, 9.17) is 9.47 Å². The van der Waals surface area contributed by atoms with Crippen molar-refractivity contribution in [1.82, 2.24) is 10.4 Å². The summed E-state index contributed by atoms with van der Waals surface area (Å²) in [6, 6.07) is 8.75. The van der Waals surface area contributed by atoms with Crippen LogP contribution in [0.15, 0.2) is 30.3 Å². The molecule has 1 N–H and O–H groups in total. The van der Waals surface area contributed by atoms with Gasteiger partial charge in [0.15, 0.2) is 5.78 Å². The maximum Gasteiger partial charge on any atom is 0.429 e. The molecule has 1 aromatic rings. The third kappa shape index (κ3) is 7.35. The van der Waals surface area contributed by atoms with Gasteiger partial charge in [-0.05, 0) is 60.3 Å². The third-order valence-electron chi connectivity index (χ3n) is 4.69. The first-order valence-corrected chi connectivity index (χ1v) is 10.5. The zero-order valence-electron chi connectivity index (χ0n) is 18.9. The summed E-state index contributed by atoms with van der Waals surface area (Å²) in [5.74, 6) is -0.0610. The van der Waals surface area contributed by atoms with Crippen LogP contribution in [0.4, 0.5) is 9.59 Å². The predicted molar refractivity (Wildman–Crippen MR) is 114 cm³/mol. The lowest BCUT2D eigenvalue weighted by atomic mass is 9.93. The van der Waals surface area contributed by atoms with Gasteiger partial charge < -0.3 is 9.47 Å². The normalized spacial score (nSPS) is 19.1. The Morgan fingerprint density at radius 1 is 0.967 bits per heavy atom. The average Bonchev–Trinajstić information content (AvgIpc) is 3.05. The number of hydrogen-bond acceptors (Lipinski definition) is 5. The molecule has 1 aliphatic carbocycles. The molecular weight excluding hydrogens is 384 g/mol. The van der Waals surface area contributed by atoms with E-state index in [1.807, 2.05) is 18.2 Å². The maximum atomic E-state index is 12.9. The van der Waals surface area contributed by atoms with Gasteiger partial charge in [-0.3, -0.25) is 4.79 Å². The van der Waals surface area contributed by atoms with E-state index in [0.717, 1.165) is 12.8 Å². The number of ether oxygens (including phenoxy) is 2. The molecule has 7 heteroatoms. The molecule has 0 saturated heterocycles. The van der Waals surface area contributed by atoms with Crippen LogP contribution in [0, 0.1) is 5.92 Å². The monoisotopic (exact) mass is 418 g/mol. The van der Waals surface area contributed by atoms with Crippen LogP contribution in [0.5, 0.6) is 0 Å². The summed E-state index contributed by atoms with van der Waals surface area (Å²) in [7, 11) is 0. The van der Waals surface area contributed by atoms with Crippen molar-refractivity contribution in [3.63, 3.8) is 0 Å². The number of rotatable bonds is 4. The van der Waals surface area contributed by atoms with Gasteiger partial charge in [-0.1, -0.05) is 36.8 Å². The highest BCUT2D eigenvalue weighted by Gasteiger charge is 2.39. The van der Waals surface area contributed by atoms with E-state index in [1.165, 1.54) is 5.01 Å². The third-order valence-corrected chi connectivity index (χ3v) is 4.69. The van der Waals surface area contributed by atoms with Gasteiger partial charge in [0, 0.05) is 12.0 Å². The molecule has 2 atom stereocenters. The number of amides is 2. The topological polar surface area (TPSA) is 84.9 Å². The molecule has 1 fully saturated rings. The number of carbonyl (C=O) groups excluding carboxylic acids is 3. The van der Waals surface area contributed by atoms with Gasteiger partial charge in [0.1, 0.15) is 11.2 Å². The zero-order chi connectivity index (χ0) is 22.5. The van der Waals surface area contributed by atoms with Crippen LogP contribution in [-0.4, -0.2) is 40.2 Å². The number of ketones is 1. The molecular formula is C23H34N2O5. The van der Waals surface area contributed by atoms with Crippen molar-refractivity contribution in [3.05, 3.63) is 35.9 Å². The van der Waals surface area contributed by atoms with Crippen LogP contribution in [0.3, 0.4) is 0 Å². The fourth-order valence-corrected chi connectivity index (χ4v) is 3.55. The standard InChI is InChI=1S/C23H34N2O5/c1-22(2,3)29-20(27)24-25(21(28)30-23(4,5)6)18-14-10-13-17(18)15-19(26)16-11-8-7-9-12-16/h7-9,11-12,17-18H,10,13-15H2,1-6H3,(H,24,27)/t17-,18+/m0/s1. The number of Topliss-reactive ketones (excluding diaryl/α,β-unsaturated/α-hetero) is 1. The fourth-order valence-electron chi connectivity index (χ4n) is 3.55. The number of nitrogens with one attached hydrogen (secondary N) is 1. The van der Waals surface area contributed by atoms with E-state index in [1.54, 1.807) is 53.7 Å². The molecule has 0 aromatic heterocycles. The second-order valence-electron chi connectivity index (χ2n) is 9.72. The molecule has 1 aliphatic rings. The Bertz CT molecular complexity index is 749. The molecule has 0 spiro atoms. The fraction of sp³-hybridized carbons (Fsp3) is 0.609. The van der Waals surface area contributed by atoms with Crippen molar-refractivity contribution < 1.29 is 23.9 Å². The van der Waals surface area contributed by atoms with Crippen LogP contribution >= 0.6 is 0 Å². The molecule has 0 radical (unpaired) electrons. The minimum atomic E-state index is -0.728. The summed E-state index contributed by atoms with van der Waals surface area (Å²) < 4.78 is 10.8. The maximum absolute atomic E-state index is 12.9. The minimum Gasteiger partial charge on any atom is -0.443 e. The number of hydrogen-bond donors (Lipinski definition) is 1. The van der Waals surface area contributed by atoms with Crippen molar-refractivity contribution in [3.8, 4) is 0 Å². The molecule has 0 aliphatic heterocycles. The van der Waals surface area contributed by atoms with Gasteiger partial charge in [-0.2, -0.15) is 0 Å². The van der Waals surface area contributed by atoms with E-state index in [9.17, 15) is 14.4 Å². The second kappa shape index (κ2) is 9.49. The quantitative estimate of drug-likeness (QED) is 0.543. The van der Waals surface area contributed by atoms with Crippen molar-refractivity contribution >= 4 is 18.0 Å². The lowest BCUT2D eigenvalue weighted by Gasteiger charge is -2.34. The number of hydrazine groups is 1. The lowest BCUT2D eigenvalue weighted by Crippen LogP contribution is -2.55. The first-order chi connectivity index (χ1) is 13.9. The number of nitrogens with zero attached hydrogens (tertiary/aromatic N) is 1. The highest BCUT2D eigenvalue weighted by Crippen LogP contribution is 2.33. The molecule has 2 rings (SSSR count). The molecule has 0 unspecified atom stereocenters. The summed E-state index contributed by atoms with van der Waals surface area (Å²) in [5, 5.41) is 1.22. The number of carbonyl (C=O) groups is 3. The van der Waals surface area contributed by atoms with Gasteiger partial charge in [0.05, 0.1) is 6.04 Å². The van der Waals surface area contributed by atoms with E-state index >= 15 is 0 Å². The summed E-state index contributed by atoms with van der Waals surface area (Å²) in [5.41, 5.74) is 1.78. The molecule has 0 bridgehead atoms. The minimum absolute atomic E-state index is 0.0221. The SMILES string of the molecule is CC(C)(C)OC(=O)NN(C(=O)OC(C)(C)C)[C@@H]1CCC[C@H]1CC(=O)c1ccccc1. The average molecular weight is 419 g/mol. The Kier molecular flexibility index (Phi) is 7.50. The van der Waals surface area contributed by atoms with Crippen molar-refractivity contribution in [2.45, 2.75) is 84.5 Å². The lowest BCUT2D eigenvalue weighted by molar-refractivity contribution is -0.0142. The van der Waals surface area contributed by atoms with Gasteiger partial charge >= 0.3 is 12.2 Å². The van der Waals surface area contributed by atoms with Crippen molar-refractivity contribution in [1.29, 1.82) is 0 Å². The summed E-state index contributed by atoms with van der Waals surface area (Å²) in [4.78, 5) is 38.0. The Morgan fingerprint density at radius 3 is 2.13 bits per heavy atom. The van der Waals surface area contributed by atoms with E-state index in [-0.39, 0.29) is 17.7 Å². The summed E-state index contributed by atoms with van der Waals surface area (Å²) in [6.07, 6.45) is 1.22. The van der Waals surface area contributed by atoms with E-state index in [0.29, 0.717) is 18.4 Å². The van der Waals surface area contributed by atoms with Crippen molar-refractivity contribution in [2.75, 3.05) is 0 Å². The Morgan fingerprint density at radius 2 is 1.57 bits per heavy atom. The Balaban J connectivity index is 2.18. The molecule has 0 heterocycles. The Hall–Kier alpha value is -2.57. The van der Waals surface area contributed by atoms with Crippen LogP contribution in [0.25, 0.3) is 0 Å². The van der Waals surface area contributed by atoms with Crippen LogP contribution in [-0.2, 0) is 9.47 Å². The molecule has 30 heavy (non-hydrogen) atoms. The van der Waals surface area contributed by atoms with Gasteiger partial charge in [0.2, 0.25) is 0 Å². The van der Waals surface area contributed by atoms with Gasteiger partial charge in [-0.25, -0.2) is 20.0 Å². The summed E-state index contributed by atoms with van der Waals surface area (Å²) >= 11 is 0. The predicted octanol–water partition coefficient (Wildman–Crippen LogP) is 5.10. The van der Waals surface area contributed by atoms with E-state index in [2.05, 4.69) is 5.43 Å². The molecule has 166 valence electrons. The van der Waals surface area contributed by atoms with Crippen molar-refractivity contribution in [2.24, 2.45) is 5.92 Å². The zero-order valence-corrected chi connectivity index (χ0v) is 18.9. The van der Waals surface area contributed by atoms with Gasteiger partial charge in [-0.15, -0.1) is 0 Å². The van der Waals surface area contributed by atoms with Gasteiger partial charge in [0.25, 0.3) is 0 Å². The van der Waals surface area contributed by atoms with Crippen LogP contribution in [0.2, 0.25) is 0 Å². The molecule has 1 aromatic carbocycles. The number of benzene rings is 1. The largest absolute Gasteiger partial charge is 0.443 e. The Labute approximate surface area is 179 Å². The first kappa shape index (κ1) is 23.7. The van der Waals surface area contributed by atoms with Crippen LogP contribution in [0.1, 0.15) is 77.6 Å². The first-order valence-electron chi connectivity index (χ1n) is 10.5. The summed E-state index contributed by atoms with van der Waals surface area (Å²) in [6.45, 7) is 10.6. The molecule has 7 nitrogen and oxygen atoms in total. The second-order valence-corrected chi connectivity index (χ2v) is 9.72. The van der Waals surface area contributed by atoms with Crippen LogP contribution < -0.4 is 5.43 Å².